The molecule has 0 bridgehead atoms. The van der Waals surface area contributed by atoms with Gasteiger partial charge < -0.3 is 20.3 Å². The van der Waals surface area contributed by atoms with E-state index in [1.54, 1.807) is 0 Å². The van der Waals surface area contributed by atoms with Crippen molar-refractivity contribution in [3.63, 3.8) is 0 Å². The first-order chi connectivity index (χ1) is 10.3. The fourth-order valence-corrected chi connectivity index (χ4v) is 1.84. The van der Waals surface area contributed by atoms with Crippen LogP contribution in [-0.2, 0) is 11.3 Å². The van der Waals surface area contributed by atoms with Crippen LogP contribution in [0.25, 0.3) is 0 Å². The maximum absolute atomic E-state index is 11.7. The fraction of sp³-hybridized carbons (Fsp3) is 0.588. The average Bonchev–Trinajstić information content (AvgIpc) is 2.40. The van der Waals surface area contributed by atoms with Crippen molar-refractivity contribution in [2.45, 2.75) is 32.9 Å². The third-order valence-electron chi connectivity index (χ3n) is 2.87. The molecule has 0 aliphatic rings. The number of hydrogen-bond acceptors (Lipinski definition) is 4. The quantitative estimate of drug-likeness (QED) is 0.717. The Kier molecular flexibility index (Phi) is 7.35. The van der Waals surface area contributed by atoms with E-state index in [1.165, 1.54) is 5.56 Å². The molecule has 2 N–H and O–H groups in total. The van der Waals surface area contributed by atoms with Crippen molar-refractivity contribution in [1.29, 1.82) is 0 Å². The molecule has 0 saturated heterocycles. The molecule has 0 heterocycles. The highest BCUT2D eigenvalue weighted by molar-refractivity contribution is 5.78. The molecule has 0 aromatic heterocycles. The topological polar surface area (TPSA) is 53.6 Å². The summed E-state index contributed by atoms with van der Waals surface area (Å²) in [5.41, 5.74) is 0.966. The molecule has 0 fully saturated rings. The average molecular weight is 307 g/mol. The van der Waals surface area contributed by atoms with Crippen LogP contribution in [0.5, 0.6) is 5.75 Å². The summed E-state index contributed by atoms with van der Waals surface area (Å²) in [5, 5.41) is 6.25. The number of carbonyl (C=O) groups excluding carboxylic acids is 1. The predicted molar refractivity (Wildman–Crippen MR) is 90.1 cm³/mol. The lowest BCUT2D eigenvalue weighted by atomic mass is 10.1. The lowest BCUT2D eigenvalue weighted by Crippen LogP contribution is -2.43. The Balaban J connectivity index is 2.31. The standard InChI is InChI=1S/C17H29N3O2/c1-17(2,3)19-16(21)13-22-15-8-6-14(7-9-15)12-18-10-11-20(4)5/h6-9,18H,10-13H2,1-5H3,(H,19,21). The van der Waals surface area contributed by atoms with Crippen molar-refractivity contribution in [2.75, 3.05) is 33.8 Å². The molecule has 5 nitrogen and oxygen atoms in total. The summed E-state index contributed by atoms with van der Waals surface area (Å²) in [6.45, 7) is 8.69. The second-order valence-corrected chi connectivity index (χ2v) is 6.71. The molecule has 0 aliphatic heterocycles. The van der Waals surface area contributed by atoms with Crippen LogP contribution in [0.2, 0.25) is 0 Å². The van der Waals surface area contributed by atoms with E-state index in [9.17, 15) is 4.79 Å². The Morgan fingerprint density at radius 3 is 2.36 bits per heavy atom. The van der Waals surface area contributed by atoms with Crippen molar-refractivity contribution in [3.8, 4) is 5.75 Å². The van der Waals surface area contributed by atoms with E-state index in [0.29, 0.717) is 5.75 Å². The number of likely N-dealkylation sites (N-methyl/N-ethyl adjacent to an activating group) is 1. The van der Waals surface area contributed by atoms with Gasteiger partial charge in [0, 0.05) is 25.2 Å². The van der Waals surface area contributed by atoms with Crippen LogP contribution in [0.4, 0.5) is 0 Å². The van der Waals surface area contributed by atoms with E-state index >= 15 is 0 Å². The number of nitrogens with zero attached hydrogens (tertiary/aromatic N) is 1. The molecule has 0 aliphatic carbocycles. The van der Waals surface area contributed by atoms with Crippen LogP contribution in [0.15, 0.2) is 24.3 Å². The normalized spacial score (nSPS) is 11.5. The van der Waals surface area contributed by atoms with Gasteiger partial charge >= 0.3 is 0 Å². The molecule has 22 heavy (non-hydrogen) atoms. The minimum absolute atomic E-state index is 0.0394. The summed E-state index contributed by atoms with van der Waals surface area (Å²) < 4.78 is 5.49. The minimum atomic E-state index is -0.234. The van der Waals surface area contributed by atoms with E-state index in [-0.39, 0.29) is 18.1 Å². The molecule has 0 spiro atoms. The Morgan fingerprint density at radius 2 is 1.82 bits per heavy atom. The Bertz CT molecular complexity index is 450. The third-order valence-corrected chi connectivity index (χ3v) is 2.87. The van der Waals surface area contributed by atoms with Gasteiger partial charge in [-0.1, -0.05) is 12.1 Å². The smallest absolute Gasteiger partial charge is 0.258 e. The zero-order chi connectivity index (χ0) is 16.6. The summed E-state index contributed by atoms with van der Waals surface area (Å²) >= 11 is 0. The van der Waals surface area contributed by atoms with Gasteiger partial charge in [-0.2, -0.15) is 0 Å². The summed E-state index contributed by atoms with van der Waals surface area (Å²) in [4.78, 5) is 13.8. The van der Waals surface area contributed by atoms with Gasteiger partial charge in [-0.25, -0.2) is 0 Å². The van der Waals surface area contributed by atoms with Crippen LogP contribution in [0, 0.1) is 0 Å². The van der Waals surface area contributed by atoms with Crippen LogP contribution in [0.3, 0.4) is 0 Å². The fourth-order valence-electron chi connectivity index (χ4n) is 1.84. The van der Waals surface area contributed by atoms with Gasteiger partial charge in [0.05, 0.1) is 0 Å². The lowest BCUT2D eigenvalue weighted by molar-refractivity contribution is -0.124. The third kappa shape index (κ3) is 8.64. The molecular weight excluding hydrogens is 278 g/mol. The predicted octanol–water partition coefficient (Wildman–Crippen LogP) is 1.63. The van der Waals surface area contributed by atoms with Gasteiger partial charge in [0.25, 0.3) is 5.91 Å². The van der Waals surface area contributed by atoms with Gasteiger partial charge in [-0.05, 0) is 52.6 Å². The minimum Gasteiger partial charge on any atom is -0.484 e. The van der Waals surface area contributed by atoms with Crippen LogP contribution >= 0.6 is 0 Å². The molecule has 0 unspecified atom stereocenters. The summed E-state index contributed by atoms with van der Waals surface area (Å²) in [5.74, 6) is 0.600. The number of rotatable bonds is 8. The maximum atomic E-state index is 11.7. The number of hydrogen-bond donors (Lipinski definition) is 2. The van der Waals surface area contributed by atoms with Gasteiger partial charge in [0.1, 0.15) is 5.75 Å². The molecule has 1 rings (SSSR count). The highest BCUT2D eigenvalue weighted by Gasteiger charge is 2.13. The van der Waals surface area contributed by atoms with Crippen molar-refractivity contribution < 1.29 is 9.53 Å². The number of amides is 1. The van der Waals surface area contributed by atoms with Crippen molar-refractivity contribution in [1.82, 2.24) is 15.5 Å². The highest BCUT2D eigenvalue weighted by Crippen LogP contribution is 2.12. The largest absolute Gasteiger partial charge is 0.484 e. The number of carbonyl (C=O) groups is 1. The number of ether oxygens (including phenoxy) is 1. The molecule has 1 amide bonds. The Labute approximate surface area is 134 Å². The second kappa shape index (κ2) is 8.76. The lowest BCUT2D eigenvalue weighted by Gasteiger charge is -2.20. The number of nitrogens with one attached hydrogen (secondary N) is 2. The maximum Gasteiger partial charge on any atom is 0.258 e. The summed E-state index contributed by atoms with van der Waals surface area (Å²) in [6, 6.07) is 7.82. The summed E-state index contributed by atoms with van der Waals surface area (Å²) in [7, 11) is 4.12. The van der Waals surface area contributed by atoms with Gasteiger partial charge in [0.2, 0.25) is 0 Å². The van der Waals surface area contributed by atoms with E-state index in [0.717, 1.165) is 19.6 Å². The van der Waals surface area contributed by atoms with Gasteiger partial charge in [0.15, 0.2) is 6.61 Å². The molecule has 0 saturated carbocycles. The Morgan fingerprint density at radius 1 is 1.18 bits per heavy atom. The van der Waals surface area contributed by atoms with E-state index in [4.69, 9.17) is 4.74 Å². The van der Waals surface area contributed by atoms with E-state index in [2.05, 4.69) is 29.6 Å². The molecule has 5 heteroatoms. The molecule has 1 aromatic carbocycles. The van der Waals surface area contributed by atoms with Crippen molar-refractivity contribution in [3.05, 3.63) is 29.8 Å². The molecule has 124 valence electrons. The van der Waals surface area contributed by atoms with E-state index in [1.807, 2.05) is 45.0 Å². The Hall–Kier alpha value is -1.59. The molecule has 1 aromatic rings. The first kappa shape index (κ1) is 18.5. The second-order valence-electron chi connectivity index (χ2n) is 6.71. The monoisotopic (exact) mass is 307 g/mol. The van der Waals surface area contributed by atoms with Crippen LogP contribution < -0.4 is 15.4 Å². The van der Waals surface area contributed by atoms with E-state index < -0.39 is 0 Å². The molecule has 0 radical (unpaired) electrons. The van der Waals surface area contributed by atoms with Crippen LogP contribution in [-0.4, -0.2) is 50.1 Å². The van der Waals surface area contributed by atoms with Crippen molar-refractivity contribution in [2.24, 2.45) is 0 Å². The summed E-state index contributed by atoms with van der Waals surface area (Å²) in [6.07, 6.45) is 0. The van der Waals surface area contributed by atoms with Gasteiger partial charge in [-0.15, -0.1) is 0 Å². The zero-order valence-electron chi connectivity index (χ0n) is 14.4. The van der Waals surface area contributed by atoms with Gasteiger partial charge in [-0.3, -0.25) is 4.79 Å². The molecule has 0 atom stereocenters. The van der Waals surface area contributed by atoms with Crippen LogP contribution in [0.1, 0.15) is 26.3 Å². The van der Waals surface area contributed by atoms with Crippen molar-refractivity contribution >= 4 is 5.91 Å². The molecular formula is C17H29N3O2. The zero-order valence-corrected chi connectivity index (χ0v) is 14.4. The first-order valence-corrected chi connectivity index (χ1v) is 7.64. The number of benzene rings is 1. The first-order valence-electron chi connectivity index (χ1n) is 7.64. The SMILES string of the molecule is CN(C)CCNCc1ccc(OCC(=O)NC(C)(C)C)cc1. The highest BCUT2D eigenvalue weighted by atomic mass is 16.5.